The Bertz CT molecular complexity index is 661. The lowest BCUT2D eigenvalue weighted by Gasteiger charge is -2.31. The molecule has 1 aromatic rings. The van der Waals surface area contributed by atoms with Gasteiger partial charge >= 0.3 is 0 Å². The summed E-state index contributed by atoms with van der Waals surface area (Å²) in [7, 11) is -3.55. The molecule has 0 bridgehead atoms. The number of carbonyl (C=O) groups excluding carboxylic acids is 1. The van der Waals surface area contributed by atoms with Crippen molar-refractivity contribution in [3.8, 4) is 0 Å². The zero-order valence-corrected chi connectivity index (χ0v) is 16.6. The lowest BCUT2D eigenvalue weighted by molar-refractivity contribution is -0.126. The predicted octanol–water partition coefficient (Wildman–Crippen LogP) is 3.15. The van der Waals surface area contributed by atoms with Crippen molar-refractivity contribution in [3.63, 3.8) is 0 Å². The van der Waals surface area contributed by atoms with Crippen molar-refractivity contribution < 1.29 is 13.2 Å². The summed E-state index contributed by atoms with van der Waals surface area (Å²) in [5.41, 5.74) is 0. The van der Waals surface area contributed by atoms with Crippen LogP contribution in [0.5, 0.6) is 0 Å². The second kappa shape index (κ2) is 8.45. The predicted molar refractivity (Wildman–Crippen MR) is 98.1 cm³/mol. The van der Waals surface area contributed by atoms with Crippen LogP contribution in [0.15, 0.2) is 33.6 Å². The minimum atomic E-state index is -3.55. The van der Waals surface area contributed by atoms with Crippen molar-refractivity contribution in [1.82, 2.24) is 9.62 Å². The first-order valence-corrected chi connectivity index (χ1v) is 10.6. The zero-order chi connectivity index (χ0) is 17.7. The van der Waals surface area contributed by atoms with Crippen molar-refractivity contribution in [3.05, 3.63) is 28.7 Å². The molecule has 0 radical (unpaired) electrons. The van der Waals surface area contributed by atoms with Gasteiger partial charge in [-0.1, -0.05) is 29.3 Å². The highest BCUT2D eigenvalue weighted by Gasteiger charge is 2.33. The van der Waals surface area contributed by atoms with E-state index < -0.39 is 10.0 Å². The second-order valence-electron chi connectivity index (χ2n) is 6.35. The molecule has 0 aromatic heterocycles. The number of halogens is 1. The van der Waals surface area contributed by atoms with Gasteiger partial charge in [-0.3, -0.25) is 4.79 Å². The third-order valence-corrected chi connectivity index (χ3v) is 6.72. The third kappa shape index (κ3) is 4.80. The highest BCUT2D eigenvalue weighted by Crippen LogP contribution is 2.25. The Morgan fingerprint density at radius 2 is 2.04 bits per heavy atom. The lowest BCUT2D eigenvalue weighted by Crippen LogP contribution is -2.47. The van der Waals surface area contributed by atoms with Gasteiger partial charge < -0.3 is 5.32 Å². The van der Waals surface area contributed by atoms with Crippen molar-refractivity contribution in [2.45, 2.75) is 50.5 Å². The summed E-state index contributed by atoms with van der Waals surface area (Å²) in [6.45, 7) is 4.78. The second-order valence-corrected chi connectivity index (χ2v) is 9.21. The van der Waals surface area contributed by atoms with E-state index in [0.717, 1.165) is 23.7 Å². The van der Waals surface area contributed by atoms with E-state index in [9.17, 15) is 13.2 Å². The maximum absolute atomic E-state index is 12.8. The molecule has 1 saturated heterocycles. The van der Waals surface area contributed by atoms with Gasteiger partial charge in [0.25, 0.3) is 0 Å². The van der Waals surface area contributed by atoms with E-state index in [4.69, 9.17) is 0 Å². The Kier molecular flexibility index (Phi) is 6.83. The molecule has 0 spiro atoms. The van der Waals surface area contributed by atoms with Crippen LogP contribution in [0.4, 0.5) is 0 Å². The Morgan fingerprint density at radius 1 is 1.38 bits per heavy atom. The van der Waals surface area contributed by atoms with E-state index in [2.05, 4.69) is 28.2 Å². The Hall–Kier alpha value is -0.920. The smallest absolute Gasteiger partial charge is 0.243 e. The molecule has 1 heterocycles. The van der Waals surface area contributed by atoms with Gasteiger partial charge in [-0.05, 0) is 50.5 Å². The number of nitrogens with zero attached hydrogens (tertiary/aromatic N) is 1. The quantitative estimate of drug-likeness (QED) is 0.774. The molecule has 24 heavy (non-hydrogen) atoms. The highest BCUT2D eigenvalue weighted by atomic mass is 79.9. The van der Waals surface area contributed by atoms with Gasteiger partial charge in [0.15, 0.2) is 0 Å². The zero-order valence-electron chi connectivity index (χ0n) is 14.2. The highest BCUT2D eigenvalue weighted by molar-refractivity contribution is 9.10. The largest absolute Gasteiger partial charge is 0.353 e. The monoisotopic (exact) mass is 416 g/mol. The van der Waals surface area contributed by atoms with Crippen molar-refractivity contribution in [2.75, 3.05) is 13.1 Å². The number of nitrogens with one attached hydrogen (secondary N) is 1. The fraction of sp³-hybridized carbons (Fsp3) is 0.588. The molecule has 134 valence electrons. The van der Waals surface area contributed by atoms with E-state index in [0.29, 0.717) is 13.0 Å². The summed E-state index contributed by atoms with van der Waals surface area (Å²) in [6.07, 6.45) is 3.38. The van der Waals surface area contributed by atoms with Crippen LogP contribution in [0.2, 0.25) is 0 Å². The van der Waals surface area contributed by atoms with Gasteiger partial charge in [0.1, 0.15) is 0 Å². The number of rotatable bonds is 6. The van der Waals surface area contributed by atoms with Crippen molar-refractivity contribution >= 4 is 31.9 Å². The molecule has 7 heteroatoms. The number of benzene rings is 1. The van der Waals surface area contributed by atoms with Crippen LogP contribution in [0.3, 0.4) is 0 Å². The SMILES string of the molecule is CCC[C@H](C)NC(=O)[C@@H]1CCCN(S(=O)(=O)c2ccc(Br)cc2)C1. The summed E-state index contributed by atoms with van der Waals surface area (Å²) in [5, 5.41) is 3.00. The topological polar surface area (TPSA) is 66.5 Å². The molecule has 1 aromatic carbocycles. The van der Waals surface area contributed by atoms with E-state index >= 15 is 0 Å². The van der Waals surface area contributed by atoms with E-state index in [-0.39, 0.29) is 29.3 Å². The van der Waals surface area contributed by atoms with Gasteiger partial charge in [0, 0.05) is 23.6 Å². The standard InChI is InChI=1S/C17H25BrN2O3S/c1-3-5-13(2)19-17(21)14-6-4-11-20(12-14)24(22,23)16-9-7-15(18)8-10-16/h7-10,13-14H,3-6,11-12H2,1-2H3,(H,19,21)/t13-,14+/m0/s1. The van der Waals surface area contributed by atoms with Crippen LogP contribution in [0.25, 0.3) is 0 Å². The molecule has 1 fully saturated rings. The van der Waals surface area contributed by atoms with Gasteiger partial charge in [-0.25, -0.2) is 8.42 Å². The molecule has 5 nitrogen and oxygen atoms in total. The van der Waals surface area contributed by atoms with Crippen LogP contribution in [0, 0.1) is 5.92 Å². The summed E-state index contributed by atoms with van der Waals surface area (Å²) in [4.78, 5) is 12.7. The first-order chi connectivity index (χ1) is 11.3. The lowest BCUT2D eigenvalue weighted by atomic mass is 9.98. The molecule has 0 saturated carbocycles. The molecule has 0 unspecified atom stereocenters. The molecule has 1 aliphatic heterocycles. The van der Waals surface area contributed by atoms with Crippen LogP contribution < -0.4 is 5.32 Å². The summed E-state index contributed by atoms with van der Waals surface area (Å²) < 4.78 is 27.8. The molecular weight excluding hydrogens is 392 g/mol. The number of sulfonamides is 1. The van der Waals surface area contributed by atoms with E-state index in [1.165, 1.54) is 4.31 Å². The van der Waals surface area contributed by atoms with Gasteiger partial charge in [-0.2, -0.15) is 4.31 Å². The number of piperidine rings is 1. The molecule has 2 rings (SSSR count). The Morgan fingerprint density at radius 3 is 2.67 bits per heavy atom. The molecule has 1 N–H and O–H groups in total. The fourth-order valence-corrected chi connectivity index (χ4v) is 4.78. The first-order valence-electron chi connectivity index (χ1n) is 8.40. The Labute approximate surface area is 153 Å². The number of carbonyl (C=O) groups is 1. The van der Waals surface area contributed by atoms with Crippen LogP contribution >= 0.6 is 15.9 Å². The van der Waals surface area contributed by atoms with Crippen LogP contribution in [-0.2, 0) is 14.8 Å². The molecule has 0 aliphatic carbocycles. The normalized spacial score (nSPS) is 20.5. The minimum Gasteiger partial charge on any atom is -0.353 e. The van der Waals surface area contributed by atoms with Gasteiger partial charge in [-0.15, -0.1) is 0 Å². The first kappa shape index (κ1) is 19.4. The average Bonchev–Trinajstić information content (AvgIpc) is 2.55. The number of hydrogen-bond acceptors (Lipinski definition) is 3. The van der Waals surface area contributed by atoms with Gasteiger partial charge in [0.2, 0.25) is 15.9 Å². The van der Waals surface area contributed by atoms with E-state index in [1.807, 2.05) is 6.92 Å². The van der Waals surface area contributed by atoms with Gasteiger partial charge in [0.05, 0.1) is 10.8 Å². The molecular formula is C17H25BrN2O3S. The number of hydrogen-bond donors (Lipinski definition) is 1. The average molecular weight is 417 g/mol. The summed E-state index contributed by atoms with van der Waals surface area (Å²) in [5.74, 6) is -0.310. The van der Waals surface area contributed by atoms with Crippen LogP contribution in [-0.4, -0.2) is 37.8 Å². The molecule has 1 amide bonds. The maximum Gasteiger partial charge on any atom is 0.243 e. The fourth-order valence-electron chi connectivity index (χ4n) is 3.00. The van der Waals surface area contributed by atoms with Crippen molar-refractivity contribution in [2.24, 2.45) is 5.92 Å². The maximum atomic E-state index is 12.8. The van der Waals surface area contributed by atoms with Crippen LogP contribution in [0.1, 0.15) is 39.5 Å². The third-order valence-electron chi connectivity index (χ3n) is 4.32. The summed E-state index contributed by atoms with van der Waals surface area (Å²) >= 11 is 3.31. The number of amides is 1. The minimum absolute atomic E-state index is 0.0355. The van der Waals surface area contributed by atoms with E-state index in [1.54, 1.807) is 24.3 Å². The van der Waals surface area contributed by atoms with Crippen molar-refractivity contribution in [1.29, 1.82) is 0 Å². The molecule has 2 atom stereocenters. The molecule has 1 aliphatic rings. The summed E-state index contributed by atoms with van der Waals surface area (Å²) in [6, 6.07) is 6.74. The Balaban J connectivity index is 2.07.